The molecule has 0 fully saturated rings. The number of ether oxygens (including phenoxy) is 1. The van der Waals surface area contributed by atoms with Crippen molar-refractivity contribution in [3.05, 3.63) is 0 Å². The number of halogens is 10. The molecule has 0 saturated heterocycles. The minimum Gasteiger partial charge on any atom is -0.371 e. The van der Waals surface area contributed by atoms with Crippen LogP contribution in [0.5, 0.6) is 0 Å². The van der Waals surface area contributed by atoms with E-state index in [0.29, 0.717) is 0 Å². The third-order valence-electron chi connectivity index (χ3n) is 1.98. The monoisotopic (exact) mass is 472 g/mol. The first-order valence-corrected chi connectivity index (χ1v) is 8.36. The lowest BCUT2D eigenvalue weighted by Gasteiger charge is -2.31. The van der Waals surface area contributed by atoms with Gasteiger partial charge in [0.15, 0.2) is 0 Å². The van der Waals surface area contributed by atoms with Gasteiger partial charge in [0.2, 0.25) is 0 Å². The van der Waals surface area contributed by atoms with Gasteiger partial charge >= 0.3 is 34.2 Å². The van der Waals surface area contributed by atoms with Gasteiger partial charge in [-0.2, -0.15) is 47.9 Å². The van der Waals surface area contributed by atoms with Gasteiger partial charge in [-0.05, 0) is 6.42 Å². The molecule has 0 aliphatic heterocycles. The number of methoxy groups -OCH3 is 1. The van der Waals surface area contributed by atoms with Crippen molar-refractivity contribution in [3.8, 4) is 0 Å². The maximum atomic E-state index is 12.0. The van der Waals surface area contributed by atoms with E-state index in [4.69, 9.17) is 17.7 Å². The Hall–Kier alpha value is -0.0500. The molecule has 26 heavy (non-hydrogen) atoms. The molecule has 1 N–H and O–H groups in total. The maximum absolute atomic E-state index is 12.0. The van der Waals surface area contributed by atoms with E-state index in [9.17, 15) is 43.4 Å². The Morgan fingerprint density at radius 3 is 1.42 bits per heavy atom. The summed E-state index contributed by atoms with van der Waals surface area (Å²) >= 11 is 4.09. The van der Waals surface area contributed by atoms with E-state index in [-0.39, 0.29) is 14.7 Å². The van der Waals surface area contributed by atoms with Crippen LogP contribution in [-0.2, 0) is 15.2 Å². The summed E-state index contributed by atoms with van der Waals surface area (Å²) in [6, 6.07) is 0. The van der Waals surface area contributed by atoms with Crippen molar-refractivity contribution in [1.29, 1.82) is 0 Å². The third kappa shape index (κ3) is 12.4. The molecule has 162 valence electrons. The lowest BCUT2D eigenvalue weighted by atomic mass is 10.1. The fourth-order valence-electron chi connectivity index (χ4n) is 0.752. The van der Waals surface area contributed by atoms with Crippen molar-refractivity contribution in [3.63, 3.8) is 0 Å². The molecule has 2 atom stereocenters. The molecule has 0 spiro atoms. The quantitative estimate of drug-likeness (QED) is 0.152. The average Bonchev–Trinajstić information content (AvgIpc) is 2.34. The van der Waals surface area contributed by atoms with Gasteiger partial charge in [0.1, 0.15) is 0 Å². The van der Waals surface area contributed by atoms with E-state index >= 15 is 0 Å². The van der Waals surface area contributed by atoms with Crippen LogP contribution in [0.15, 0.2) is 0 Å². The smallest absolute Gasteiger partial charge is 0.371 e. The second-order valence-electron chi connectivity index (χ2n) is 4.16. The van der Waals surface area contributed by atoms with Gasteiger partial charge in [-0.1, -0.05) is 26.5 Å². The van der Waals surface area contributed by atoms with Crippen molar-refractivity contribution >= 4 is 32.4 Å². The first-order chi connectivity index (χ1) is 11.1. The number of hydrogen-bond acceptors (Lipinski definition) is 4. The van der Waals surface area contributed by atoms with Crippen LogP contribution in [0.4, 0.5) is 43.4 Å². The van der Waals surface area contributed by atoms with Gasteiger partial charge in [0, 0.05) is 7.11 Å². The molecule has 0 saturated carbocycles. The standard InChI is InChI=1S/C5H12OS.C4H2F9P.FHO3S/c1-3-4-5(7)6-2;5-1(6,3(9,10)11)2(7,8)4(12,13)14;1-5(2,3)4/h5,7H,3-4H2,1-2H3;14H2;(H,2,3,4). The highest BCUT2D eigenvalue weighted by Crippen LogP contribution is 2.54. The summed E-state index contributed by atoms with van der Waals surface area (Å²) in [4.78, 5) is 0. The highest BCUT2D eigenvalue weighted by Gasteiger charge is 2.80. The first kappa shape index (κ1) is 30.7. The highest BCUT2D eigenvalue weighted by atomic mass is 32.3. The van der Waals surface area contributed by atoms with Gasteiger partial charge in [0.25, 0.3) is 0 Å². The molecule has 0 rings (SSSR count). The number of alkyl halides is 9. The minimum absolute atomic E-state index is 0.0576. The lowest BCUT2D eigenvalue weighted by molar-refractivity contribution is -0.381. The second kappa shape index (κ2) is 11.1. The Bertz CT molecular complexity index is 460. The Balaban J connectivity index is -0.000000366. The second-order valence-corrected chi connectivity index (χ2v) is 6.29. The zero-order chi connectivity index (χ0) is 22.2. The Labute approximate surface area is 150 Å². The molecular weight excluding hydrogens is 457 g/mol. The van der Waals surface area contributed by atoms with Gasteiger partial charge in [-0.3, -0.25) is 4.55 Å². The molecule has 0 radical (unpaired) electrons. The van der Waals surface area contributed by atoms with Crippen LogP contribution in [-0.4, -0.2) is 49.2 Å². The van der Waals surface area contributed by atoms with Crippen LogP contribution in [0.2, 0.25) is 0 Å². The molecule has 0 aromatic heterocycles. The fraction of sp³-hybridized carbons (Fsp3) is 1.00. The zero-order valence-electron chi connectivity index (χ0n) is 12.9. The molecule has 0 bridgehead atoms. The molecule has 0 aliphatic rings. The highest BCUT2D eigenvalue weighted by molar-refractivity contribution is 7.80. The van der Waals surface area contributed by atoms with E-state index < -0.39 is 34.2 Å². The third-order valence-corrected chi connectivity index (χ3v) is 2.81. The van der Waals surface area contributed by atoms with E-state index in [2.05, 4.69) is 19.6 Å². The molecule has 2 unspecified atom stereocenters. The van der Waals surface area contributed by atoms with Crippen LogP contribution in [0.25, 0.3) is 0 Å². The summed E-state index contributed by atoms with van der Waals surface area (Å²) in [5, 5.41) is 0. The molecule has 0 heterocycles. The number of rotatable bonds is 5. The van der Waals surface area contributed by atoms with Crippen LogP contribution in [0.3, 0.4) is 0 Å². The Morgan fingerprint density at radius 2 is 1.35 bits per heavy atom. The van der Waals surface area contributed by atoms with E-state index in [1.165, 1.54) is 0 Å². The van der Waals surface area contributed by atoms with Crippen molar-refractivity contribution in [2.75, 3.05) is 7.11 Å². The lowest BCUT2D eigenvalue weighted by Crippen LogP contribution is -2.58. The molecule has 0 aromatic rings. The Kier molecular flexibility index (Phi) is 13.1. The van der Waals surface area contributed by atoms with Gasteiger partial charge in [-0.15, -0.1) is 12.6 Å². The topological polar surface area (TPSA) is 63.6 Å². The van der Waals surface area contributed by atoms with E-state index in [1.807, 2.05) is 0 Å². The molecule has 4 nitrogen and oxygen atoms in total. The number of thiol groups is 1. The molecule has 0 aromatic carbocycles. The van der Waals surface area contributed by atoms with Crippen molar-refractivity contribution in [2.45, 2.75) is 48.9 Å². The van der Waals surface area contributed by atoms with E-state index in [0.717, 1.165) is 12.8 Å². The summed E-state index contributed by atoms with van der Waals surface area (Å²) < 4.78 is 144. The predicted molar refractivity (Wildman–Crippen MR) is 78.0 cm³/mol. The van der Waals surface area contributed by atoms with Crippen LogP contribution < -0.4 is 0 Å². The van der Waals surface area contributed by atoms with Crippen LogP contribution in [0, 0.1) is 0 Å². The van der Waals surface area contributed by atoms with Crippen LogP contribution >= 0.6 is 21.9 Å². The Morgan fingerprint density at radius 1 is 1.04 bits per heavy atom. The number of hydrogen-bond donors (Lipinski definition) is 2. The van der Waals surface area contributed by atoms with Crippen LogP contribution in [0.1, 0.15) is 19.8 Å². The normalized spacial score (nSPS) is 14.6. The molecule has 0 aliphatic carbocycles. The van der Waals surface area contributed by atoms with Gasteiger partial charge in [-0.25, -0.2) is 0 Å². The molecule has 17 heteroatoms. The predicted octanol–water partition coefficient (Wildman–Crippen LogP) is 4.73. The van der Waals surface area contributed by atoms with Gasteiger partial charge < -0.3 is 4.74 Å². The summed E-state index contributed by atoms with van der Waals surface area (Å²) in [6.07, 6.45) is -4.56. The van der Waals surface area contributed by atoms with Crippen molar-refractivity contribution in [2.24, 2.45) is 0 Å². The fourth-order valence-corrected chi connectivity index (χ4v) is 1.19. The molecular formula is C9H15F10O4PS2. The summed E-state index contributed by atoms with van der Waals surface area (Å²) in [6.45, 7) is 2.11. The SMILES string of the molecule is CCCC(S)OC.FC(F)(F)C(F)(F)C(F)(F)C(F)(F)P.O=S(=O)(O)F. The molecule has 0 amide bonds. The largest absolute Gasteiger partial charge is 0.460 e. The summed E-state index contributed by atoms with van der Waals surface area (Å²) in [5.41, 5.74) is -5.41. The maximum Gasteiger partial charge on any atom is 0.460 e. The zero-order valence-corrected chi connectivity index (χ0v) is 15.7. The first-order valence-electron chi connectivity index (χ1n) is 5.93. The summed E-state index contributed by atoms with van der Waals surface area (Å²) in [7, 11) is -3.55. The van der Waals surface area contributed by atoms with Gasteiger partial charge in [0.05, 0.1) is 5.44 Å². The van der Waals surface area contributed by atoms with Crippen molar-refractivity contribution < 1.29 is 61.1 Å². The van der Waals surface area contributed by atoms with Crippen molar-refractivity contribution in [1.82, 2.24) is 0 Å². The minimum atomic E-state index is -6.79. The summed E-state index contributed by atoms with van der Waals surface area (Å²) in [5.74, 6) is -13.3. The van der Waals surface area contributed by atoms with E-state index in [1.54, 1.807) is 7.11 Å². The average molecular weight is 472 g/mol.